The van der Waals surface area contributed by atoms with Crippen LogP contribution < -0.4 is 9.64 Å². The molecule has 9 nitrogen and oxygen atoms in total. The lowest BCUT2D eigenvalue weighted by atomic mass is 9.86. The highest BCUT2D eigenvalue weighted by Crippen LogP contribution is 2.31. The number of ether oxygens (including phenoxy) is 1. The van der Waals surface area contributed by atoms with Gasteiger partial charge in [0, 0.05) is 70.4 Å². The summed E-state index contributed by atoms with van der Waals surface area (Å²) in [5, 5.41) is 9.34. The Morgan fingerprint density at radius 3 is 2.48 bits per heavy atom. The Morgan fingerprint density at radius 2 is 1.81 bits per heavy atom. The van der Waals surface area contributed by atoms with Crippen LogP contribution in [0.5, 0.6) is 5.75 Å². The highest BCUT2D eigenvalue weighted by Gasteiger charge is 2.31. The Kier molecular flexibility index (Phi) is 9.36. The summed E-state index contributed by atoms with van der Waals surface area (Å²) in [5.41, 5.74) is 4.32. The van der Waals surface area contributed by atoms with Crippen LogP contribution in [-0.4, -0.2) is 83.1 Å². The molecule has 42 heavy (non-hydrogen) atoms. The van der Waals surface area contributed by atoms with Crippen LogP contribution in [0.4, 0.5) is 10.5 Å². The van der Waals surface area contributed by atoms with E-state index in [0.29, 0.717) is 32.6 Å². The lowest BCUT2D eigenvalue weighted by Gasteiger charge is -2.38. The molecule has 2 saturated heterocycles. The molecule has 5 rings (SSSR count). The van der Waals surface area contributed by atoms with E-state index in [0.717, 1.165) is 67.8 Å². The Morgan fingerprint density at radius 1 is 1.02 bits per heavy atom. The van der Waals surface area contributed by atoms with E-state index >= 15 is 0 Å². The Hall–Kier alpha value is -3.59. The summed E-state index contributed by atoms with van der Waals surface area (Å²) in [6.07, 6.45) is 4.09. The summed E-state index contributed by atoms with van der Waals surface area (Å²) in [5.74, 6) is 1.19. The molecule has 0 unspecified atom stereocenters. The normalized spacial score (nSPS) is 23.2. The predicted molar refractivity (Wildman–Crippen MR) is 162 cm³/mol. The zero-order chi connectivity index (χ0) is 29.8. The molecule has 0 aromatic heterocycles. The topological polar surface area (TPSA) is 93.6 Å². The number of rotatable bonds is 8. The maximum Gasteiger partial charge on any atom is 0.407 e. The third kappa shape index (κ3) is 7.06. The fourth-order valence-electron chi connectivity index (χ4n) is 6.60. The smallest absolute Gasteiger partial charge is 0.407 e. The molecule has 2 aliphatic heterocycles. The number of aryl methyl sites for hydroxylation is 1. The Labute approximate surface area is 249 Å². The molecular formula is C33H44N4O5. The van der Waals surface area contributed by atoms with Crippen LogP contribution in [0.2, 0.25) is 0 Å². The molecule has 3 amide bonds. The van der Waals surface area contributed by atoms with Gasteiger partial charge in [-0.25, -0.2) is 4.79 Å². The summed E-state index contributed by atoms with van der Waals surface area (Å²) < 4.78 is 6.31. The average Bonchev–Trinajstić information content (AvgIpc) is 3.37. The van der Waals surface area contributed by atoms with Crippen LogP contribution in [0.1, 0.15) is 62.1 Å². The van der Waals surface area contributed by atoms with Gasteiger partial charge in [-0.15, -0.1) is 0 Å². The molecular weight excluding hydrogens is 532 g/mol. The van der Waals surface area contributed by atoms with Gasteiger partial charge in [-0.2, -0.15) is 0 Å². The Bertz CT molecular complexity index is 1290. The maximum absolute atomic E-state index is 13.4. The second-order valence-electron chi connectivity index (χ2n) is 12.2. The van der Waals surface area contributed by atoms with Crippen LogP contribution in [0.25, 0.3) is 0 Å². The molecule has 1 N–H and O–H groups in total. The van der Waals surface area contributed by atoms with Crippen molar-refractivity contribution in [2.75, 3.05) is 38.1 Å². The number of anilines is 1. The first kappa shape index (κ1) is 29.9. The van der Waals surface area contributed by atoms with Crippen molar-refractivity contribution in [3.63, 3.8) is 0 Å². The number of carbonyl (C=O) groups excluding carboxylic acids is 2. The second-order valence-corrected chi connectivity index (χ2v) is 12.2. The van der Waals surface area contributed by atoms with Crippen molar-refractivity contribution in [1.29, 1.82) is 0 Å². The van der Waals surface area contributed by atoms with E-state index in [1.807, 2.05) is 49.2 Å². The lowest BCUT2D eigenvalue weighted by Crippen LogP contribution is -2.53. The van der Waals surface area contributed by atoms with Crippen molar-refractivity contribution in [2.24, 2.45) is 5.92 Å². The van der Waals surface area contributed by atoms with Crippen molar-refractivity contribution in [2.45, 2.75) is 77.6 Å². The summed E-state index contributed by atoms with van der Waals surface area (Å²) in [7, 11) is 1.86. The van der Waals surface area contributed by atoms with Crippen molar-refractivity contribution in [3.05, 3.63) is 59.2 Å². The number of carbonyl (C=O) groups is 3. The quantitative estimate of drug-likeness (QED) is 0.481. The van der Waals surface area contributed by atoms with E-state index < -0.39 is 6.09 Å². The molecule has 1 saturated carbocycles. The maximum atomic E-state index is 13.4. The third-order valence-corrected chi connectivity index (χ3v) is 9.16. The molecule has 2 aromatic rings. The minimum atomic E-state index is -0.853. The molecule has 1 aliphatic carbocycles. The number of nitrogens with zero attached hydrogens (tertiary/aromatic N) is 4. The highest BCUT2D eigenvalue weighted by atomic mass is 16.5. The molecule has 0 bridgehead atoms. The van der Waals surface area contributed by atoms with E-state index in [-0.39, 0.29) is 29.9 Å². The summed E-state index contributed by atoms with van der Waals surface area (Å²) in [4.78, 5) is 44.3. The fraction of sp³-hybridized carbons (Fsp3) is 0.545. The first-order valence-electron chi connectivity index (χ1n) is 15.3. The number of benzene rings is 2. The van der Waals surface area contributed by atoms with E-state index in [4.69, 9.17) is 4.74 Å². The zero-order valence-corrected chi connectivity index (χ0v) is 25.1. The van der Waals surface area contributed by atoms with Crippen molar-refractivity contribution >= 4 is 23.6 Å². The Balaban J connectivity index is 1.10. The summed E-state index contributed by atoms with van der Waals surface area (Å²) >= 11 is 0. The largest absolute Gasteiger partial charge is 0.490 e. The van der Waals surface area contributed by atoms with Crippen LogP contribution in [0, 0.1) is 12.8 Å². The number of hydrogen-bond acceptors (Lipinski definition) is 5. The number of likely N-dealkylation sites (tertiary alicyclic amines) is 1. The second kappa shape index (κ2) is 13.2. The summed E-state index contributed by atoms with van der Waals surface area (Å²) in [6, 6.07) is 14.2. The van der Waals surface area contributed by atoms with E-state index in [9.17, 15) is 19.5 Å². The number of hydrogen-bond donors (Lipinski definition) is 1. The van der Waals surface area contributed by atoms with Crippen LogP contribution in [0.15, 0.2) is 42.5 Å². The van der Waals surface area contributed by atoms with E-state index in [2.05, 4.69) is 24.0 Å². The van der Waals surface area contributed by atoms with E-state index in [1.165, 1.54) is 10.5 Å². The molecule has 2 heterocycles. The van der Waals surface area contributed by atoms with Crippen LogP contribution in [-0.2, 0) is 22.7 Å². The zero-order valence-electron chi connectivity index (χ0n) is 25.1. The van der Waals surface area contributed by atoms with Gasteiger partial charge in [0.25, 0.3) is 0 Å². The minimum Gasteiger partial charge on any atom is -0.490 e. The van der Waals surface area contributed by atoms with Gasteiger partial charge in [0.05, 0.1) is 6.10 Å². The first-order valence-corrected chi connectivity index (χ1v) is 15.3. The van der Waals surface area contributed by atoms with Gasteiger partial charge in [0.15, 0.2) is 0 Å². The number of piperazine rings is 1. The summed E-state index contributed by atoms with van der Waals surface area (Å²) in [6.45, 7) is 8.20. The standard InChI is InChI=1S/C33H44N4O5/c1-23-18-28(12-9-27(23)22-35-16-17-37(33(40)41)24(2)20-35)34(3)32(39)26-10-13-29(14-11-26)42-30-7-4-6-25(19-30)21-36-15-5-8-31(36)38/h4,6-7,9,12,18-19,24,26,29H,5,8,10-11,13-17,20-22H2,1-3H3,(H,40,41)/t24-,26-,29-/m0/s1. The molecule has 1 atom stereocenters. The van der Waals surface area contributed by atoms with Gasteiger partial charge in [-0.05, 0) is 86.9 Å². The minimum absolute atomic E-state index is 0.0191. The van der Waals surface area contributed by atoms with Gasteiger partial charge in [-0.3, -0.25) is 14.5 Å². The van der Waals surface area contributed by atoms with Gasteiger partial charge < -0.3 is 24.5 Å². The third-order valence-electron chi connectivity index (χ3n) is 9.16. The van der Waals surface area contributed by atoms with Gasteiger partial charge in [0.1, 0.15) is 5.75 Å². The number of carboxylic acid groups (broad SMARTS) is 1. The molecule has 9 heteroatoms. The molecule has 2 aromatic carbocycles. The van der Waals surface area contributed by atoms with Crippen molar-refractivity contribution in [3.8, 4) is 5.75 Å². The highest BCUT2D eigenvalue weighted by molar-refractivity contribution is 5.94. The van der Waals surface area contributed by atoms with Crippen LogP contribution in [0.3, 0.4) is 0 Å². The number of amides is 3. The monoisotopic (exact) mass is 576 g/mol. The van der Waals surface area contributed by atoms with Crippen molar-refractivity contribution < 1.29 is 24.2 Å². The molecule has 226 valence electrons. The molecule has 3 aliphatic rings. The van der Waals surface area contributed by atoms with Crippen LogP contribution >= 0.6 is 0 Å². The van der Waals surface area contributed by atoms with Gasteiger partial charge >= 0.3 is 6.09 Å². The fourth-order valence-corrected chi connectivity index (χ4v) is 6.60. The van der Waals surface area contributed by atoms with Crippen molar-refractivity contribution in [1.82, 2.24) is 14.7 Å². The van der Waals surface area contributed by atoms with Gasteiger partial charge in [0.2, 0.25) is 11.8 Å². The molecule has 0 radical (unpaired) electrons. The SMILES string of the molecule is Cc1cc(N(C)C(=O)[C@H]2CC[C@H](Oc3cccc(CN4CCCC4=O)c3)CC2)ccc1CN1CCN(C(=O)O)[C@@H](C)C1. The predicted octanol–water partition coefficient (Wildman–Crippen LogP) is 4.90. The molecule has 0 spiro atoms. The average molecular weight is 577 g/mol. The van der Waals surface area contributed by atoms with E-state index in [1.54, 1.807) is 4.90 Å². The van der Waals surface area contributed by atoms with Gasteiger partial charge in [-0.1, -0.05) is 18.2 Å². The first-order chi connectivity index (χ1) is 20.2. The molecule has 3 fully saturated rings. The lowest BCUT2D eigenvalue weighted by molar-refractivity contribution is -0.128.